The molecule has 0 radical (unpaired) electrons. The number of aromatic nitrogens is 1. The van der Waals surface area contributed by atoms with E-state index >= 15 is 0 Å². The van der Waals surface area contributed by atoms with Crippen molar-refractivity contribution < 1.29 is 45.3 Å². The fraction of sp³-hybridized carbons (Fsp3) is 0.455. The molecule has 0 saturated carbocycles. The Hall–Kier alpha value is -2.20. The van der Waals surface area contributed by atoms with Crippen LogP contribution in [0.15, 0.2) is 6.20 Å². The number of rotatable bonds is 4. The van der Waals surface area contributed by atoms with Crippen LogP contribution < -0.4 is 9.47 Å². The lowest BCUT2D eigenvalue weighted by Crippen LogP contribution is -2.22. The molecule has 1 rings (SSSR count). The Morgan fingerprint density at radius 1 is 1.23 bits per heavy atom. The van der Waals surface area contributed by atoms with Crippen molar-refractivity contribution in [2.24, 2.45) is 0 Å². The molecule has 0 aromatic carbocycles. The van der Waals surface area contributed by atoms with Gasteiger partial charge in [0.1, 0.15) is 5.56 Å². The van der Waals surface area contributed by atoms with Crippen LogP contribution in [-0.2, 0) is 10.9 Å². The third-order valence-electron chi connectivity index (χ3n) is 2.20. The average molecular weight is 333 g/mol. The number of methoxy groups -OCH3 is 1. The second kappa shape index (κ2) is 6.28. The van der Waals surface area contributed by atoms with Crippen molar-refractivity contribution in [1.82, 2.24) is 4.98 Å². The van der Waals surface area contributed by atoms with Crippen molar-refractivity contribution in [2.45, 2.75) is 19.5 Å². The molecule has 0 saturated heterocycles. The summed E-state index contributed by atoms with van der Waals surface area (Å²) in [6, 6.07) is 0. The predicted octanol–water partition coefficient (Wildman–Crippen LogP) is 3.18. The van der Waals surface area contributed by atoms with E-state index < -0.39 is 41.3 Å². The molecular weight excluding hydrogens is 324 g/mol. The number of nitrogens with zero attached hydrogens (tertiary/aromatic N) is 1. The molecule has 124 valence electrons. The molecule has 0 aliphatic carbocycles. The van der Waals surface area contributed by atoms with Gasteiger partial charge in [0.25, 0.3) is 5.88 Å². The average Bonchev–Trinajstić information content (AvgIpc) is 2.35. The lowest BCUT2D eigenvalue weighted by Gasteiger charge is -2.18. The molecule has 0 bridgehead atoms. The van der Waals surface area contributed by atoms with E-state index in [4.69, 9.17) is 0 Å². The highest BCUT2D eigenvalue weighted by atomic mass is 19.4. The summed E-state index contributed by atoms with van der Waals surface area (Å²) in [5.41, 5.74) is -2.84. The van der Waals surface area contributed by atoms with Gasteiger partial charge < -0.3 is 14.2 Å². The Bertz CT molecular complexity index is 555. The molecule has 22 heavy (non-hydrogen) atoms. The SMILES string of the molecule is CCOC(=O)c1cnc(OC(F)(F)F)c(OC)c1C(F)(F)F. The van der Waals surface area contributed by atoms with Crippen LogP contribution in [0.5, 0.6) is 11.6 Å². The third kappa shape index (κ3) is 4.15. The molecule has 0 amide bonds. The molecule has 0 spiro atoms. The monoisotopic (exact) mass is 333 g/mol. The van der Waals surface area contributed by atoms with Crippen molar-refractivity contribution in [1.29, 1.82) is 0 Å². The summed E-state index contributed by atoms with van der Waals surface area (Å²) in [6.07, 6.45) is -10.2. The van der Waals surface area contributed by atoms with E-state index in [-0.39, 0.29) is 12.8 Å². The number of halogens is 6. The molecule has 0 aliphatic heterocycles. The third-order valence-corrected chi connectivity index (χ3v) is 2.20. The van der Waals surface area contributed by atoms with E-state index in [1.807, 2.05) is 0 Å². The summed E-state index contributed by atoms with van der Waals surface area (Å²) in [5, 5.41) is 0. The van der Waals surface area contributed by atoms with E-state index in [1.54, 1.807) is 0 Å². The van der Waals surface area contributed by atoms with E-state index in [2.05, 4.69) is 19.2 Å². The highest BCUT2D eigenvalue weighted by Crippen LogP contribution is 2.44. The molecule has 1 aromatic rings. The summed E-state index contributed by atoms with van der Waals surface area (Å²) in [5.74, 6) is -4.23. The Labute approximate surface area is 119 Å². The van der Waals surface area contributed by atoms with Gasteiger partial charge in [0.15, 0.2) is 5.75 Å². The quantitative estimate of drug-likeness (QED) is 0.626. The van der Waals surface area contributed by atoms with Crippen molar-refractivity contribution in [2.75, 3.05) is 13.7 Å². The lowest BCUT2D eigenvalue weighted by atomic mass is 10.1. The first-order valence-electron chi connectivity index (χ1n) is 5.58. The first-order chi connectivity index (χ1) is 10.0. The lowest BCUT2D eigenvalue weighted by molar-refractivity contribution is -0.276. The van der Waals surface area contributed by atoms with Crippen LogP contribution in [0, 0.1) is 0 Å². The second-order valence-electron chi connectivity index (χ2n) is 3.65. The minimum atomic E-state index is -5.28. The first kappa shape index (κ1) is 17.9. The standard InChI is InChI=1S/C11H9F6NO4/c1-3-21-9(19)5-4-18-8(22-11(15,16)17)7(20-2)6(5)10(12,13)14/h4H,3H2,1-2H3. The highest BCUT2D eigenvalue weighted by Gasteiger charge is 2.43. The molecule has 0 atom stereocenters. The van der Waals surface area contributed by atoms with Gasteiger partial charge >= 0.3 is 18.5 Å². The summed E-state index contributed by atoms with van der Waals surface area (Å²) in [4.78, 5) is 14.5. The number of carbonyl (C=O) groups excluding carboxylic acids is 1. The number of ether oxygens (including phenoxy) is 3. The zero-order chi connectivity index (χ0) is 17.1. The predicted molar refractivity (Wildman–Crippen MR) is 58.4 cm³/mol. The van der Waals surface area contributed by atoms with Gasteiger partial charge in [-0.1, -0.05) is 0 Å². The van der Waals surface area contributed by atoms with Gasteiger partial charge in [0.2, 0.25) is 0 Å². The largest absolute Gasteiger partial charge is 0.574 e. The van der Waals surface area contributed by atoms with Gasteiger partial charge in [-0.15, -0.1) is 13.2 Å². The number of alkyl halides is 6. The molecule has 5 nitrogen and oxygen atoms in total. The molecule has 0 N–H and O–H groups in total. The fourth-order valence-corrected chi connectivity index (χ4v) is 1.49. The molecule has 0 unspecified atom stereocenters. The van der Waals surface area contributed by atoms with Crippen LogP contribution in [0.2, 0.25) is 0 Å². The Balaban J connectivity index is 3.54. The van der Waals surface area contributed by atoms with Crippen LogP contribution in [0.3, 0.4) is 0 Å². The number of pyridine rings is 1. The van der Waals surface area contributed by atoms with Crippen LogP contribution in [0.1, 0.15) is 22.8 Å². The van der Waals surface area contributed by atoms with Crippen LogP contribution in [0.4, 0.5) is 26.3 Å². The maximum absolute atomic E-state index is 13.1. The van der Waals surface area contributed by atoms with Crippen molar-refractivity contribution >= 4 is 5.97 Å². The highest BCUT2D eigenvalue weighted by molar-refractivity contribution is 5.92. The summed E-state index contributed by atoms with van der Waals surface area (Å²) in [6.45, 7) is 1.11. The normalized spacial score (nSPS) is 12.0. The summed E-state index contributed by atoms with van der Waals surface area (Å²) < 4.78 is 87.8. The van der Waals surface area contributed by atoms with Gasteiger partial charge in [0.05, 0.1) is 19.3 Å². The molecule has 0 fully saturated rings. The van der Waals surface area contributed by atoms with Crippen LogP contribution in [0.25, 0.3) is 0 Å². The molecule has 1 heterocycles. The van der Waals surface area contributed by atoms with Crippen molar-refractivity contribution in [3.63, 3.8) is 0 Å². The van der Waals surface area contributed by atoms with Crippen molar-refractivity contribution in [3.8, 4) is 11.6 Å². The zero-order valence-electron chi connectivity index (χ0n) is 11.1. The number of hydrogen-bond acceptors (Lipinski definition) is 5. The van der Waals surface area contributed by atoms with Gasteiger partial charge in [0, 0.05) is 6.20 Å². The van der Waals surface area contributed by atoms with Crippen molar-refractivity contribution in [3.05, 3.63) is 17.3 Å². The van der Waals surface area contributed by atoms with Gasteiger partial charge in [-0.05, 0) is 6.92 Å². The van der Waals surface area contributed by atoms with Gasteiger partial charge in [-0.3, -0.25) is 0 Å². The molecule has 11 heteroatoms. The minimum absolute atomic E-state index is 0.237. The minimum Gasteiger partial charge on any atom is -0.491 e. The Morgan fingerprint density at radius 2 is 1.82 bits per heavy atom. The van der Waals surface area contributed by atoms with Gasteiger partial charge in [-0.25, -0.2) is 9.78 Å². The smallest absolute Gasteiger partial charge is 0.491 e. The Morgan fingerprint density at radius 3 is 2.23 bits per heavy atom. The number of esters is 1. The fourth-order valence-electron chi connectivity index (χ4n) is 1.49. The zero-order valence-corrected chi connectivity index (χ0v) is 11.1. The van der Waals surface area contributed by atoms with Crippen LogP contribution >= 0.6 is 0 Å². The second-order valence-corrected chi connectivity index (χ2v) is 3.65. The topological polar surface area (TPSA) is 57.7 Å². The Kier molecular flexibility index (Phi) is 5.09. The molecule has 0 aliphatic rings. The van der Waals surface area contributed by atoms with E-state index in [0.717, 1.165) is 0 Å². The van der Waals surface area contributed by atoms with E-state index in [9.17, 15) is 31.1 Å². The number of carbonyl (C=O) groups is 1. The maximum Gasteiger partial charge on any atom is 0.574 e. The summed E-state index contributed by atoms with van der Waals surface area (Å²) >= 11 is 0. The van der Waals surface area contributed by atoms with E-state index in [0.29, 0.717) is 7.11 Å². The van der Waals surface area contributed by atoms with Crippen LogP contribution in [-0.4, -0.2) is 31.0 Å². The molecular formula is C11H9F6NO4. The first-order valence-corrected chi connectivity index (χ1v) is 5.58. The van der Waals surface area contributed by atoms with E-state index in [1.165, 1.54) is 6.92 Å². The number of hydrogen-bond donors (Lipinski definition) is 0. The molecule has 1 aromatic heterocycles. The maximum atomic E-state index is 13.1. The van der Waals surface area contributed by atoms with Gasteiger partial charge in [-0.2, -0.15) is 13.2 Å². The summed E-state index contributed by atoms with van der Waals surface area (Å²) in [7, 11) is 0.685.